The molecule has 1 aliphatic heterocycles. The van der Waals surface area contributed by atoms with E-state index < -0.39 is 12.0 Å². The van der Waals surface area contributed by atoms with Crippen LogP contribution in [-0.2, 0) is 9.53 Å². The topological polar surface area (TPSA) is 84.7 Å². The van der Waals surface area contributed by atoms with Gasteiger partial charge in [0.05, 0.1) is 13.2 Å². The van der Waals surface area contributed by atoms with Gasteiger partial charge in [0, 0.05) is 16.7 Å². The molecule has 1 saturated heterocycles. The number of hydrogen-bond acceptors (Lipinski definition) is 3. The van der Waals surface area contributed by atoms with E-state index in [1.807, 2.05) is 12.1 Å². The summed E-state index contributed by atoms with van der Waals surface area (Å²) in [6.45, 7) is 0.922. The second-order valence-electron chi connectivity index (χ2n) is 4.14. The largest absolute Gasteiger partial charge is 0.367 e. The highest BCUT2D eigenvalue weighted by Crippen LogP contribution is 2.15. The van der Waals surface area contributed by atoms with E-state index in [2.05, 4.69) is 21.2 Å². The fourth-order valence-corrected chi connectivity index (χ4v) is 2.01. The number of hydrogen-bond donors (Lipinski definition) is 2. The van der Waals surface area contributed by atoms with E-state index in [0.29, 0.717) is 18.8 Å². The molecule has 1 atom stereocenters. The number of ether oxygens (including phenoxy) is 1. The van der Waals surface area contributed by atoms with Gasteiger partial charge >= 0.3 is 6.03 Å². The number of nitrogens with zero attached hydrogens (tertiary/aromatic N) is 1. The lowest BCUT2D eigenvalue weighted by atomic mass is 10.2. The first kappa shape index (κ1) is 13.8. The van der Waals surface area contributed by atoms with Crippen LogP contribution in [0.4, 0.5) is 10.5 Å². The molecule has 1 fully saturated rings. The highest BCUT2D eigenvalue weighted by Gasteiger charge is 2.27. The van der Waals surface area contributed by atoms with Gasteiger partial charge in [0.2, 0.25) is 5.91 Å². The molecular formula is C12H14BrN3O3. The van der Waals surface area contributed by atoms with Crippen molar-refractivity contribution in [2.75, 3.05) is 25.0 Å². The van der Waals surface area contributed by atoms with Gasteiger partial charge in [-0.3, -0.25) is 4.79 Å². The third kappa shape index (κ3) is 3.68. The molecule has 0 spiro atoms. The summed E-state index contributed by atoms with van der Waals surface area (Å²) in [6.07, 6.45) is -0.732. The molecule has 0 aliphatic carbocycles. The molecule has 3 amide bonds. The Balaban J connectivity index is 1.96. The first-order valence-electron chi connectivity index (χ1n) is 5.78. The third-order valence-electron chi connectivity index (χ3n) is 2.77. The number of anilines is 1. The maximum Gasteiger partial charge on any atom is 0.322 e. The predicted molar refractivity (Wildman–Crippen MR) is 73.7 cm³/mol. The Bertz CT molecular complexity index is 478. The highest BCUT2D eigenvalue weighted by atomic mass is 79.9. The van der Waals surface area contributed by atoms with Crippen LogP contribution in [0.5, 0.6) is 0 Å². The van der Waals surface area contributed by atoms with E-state index in [9.17, 15) is 9.59 Å². The molecule has 1 aliphatic rings. The average Bonchev–Trinajstić information content (AvgIpc) is 2.41. The molecule has 1 aromatic rings. The summed E-state index contributed by atoms with van der Waals surface area (Å²) in [7, 11) is 0. The molecule has 0 saturated carbocycles. The van der Waals surface area contributed by atoms with Crippen LogP contribution < -0.4 is 11.1 Å². The minimum atomic E-state index is -0.732. The van der Waals surface area contributed by atoms with E-state index in [4.69, 9.17) is 10.5 Å². The molecular weight excluding hydrogens is 314 g/mol. The number of urea groups is 1. The number of amides is 3. The number of morpholine rings is 1. The Morgan fingerprint density at radius 1 is 1.37 bits per heavy atom. The molecule has 0 unspecified atom stereocenters. The van der Waals surface area contributed by atoms with Crippen molar-refractivity contribution in [1.29, 1.82) is 0 Å². The molecule has 7 heteroatoms. The number of carbonyl (C=O) groups excluding carboxylic acids is 2. The lowest BCUT2D eigenvalue weighted by Crippen LogP contribution is -2.51. The fourth-order valence-electron chi connectivity index (χ4n) is 1.74. The van der Waals surface area contributed by atoms with Gasteiger partial charge in [-0.2, -0.15) is 0 Å². The Kier molecular flexibility index (Phi) is 4.39. The van der Waals surface area contributed by atoms with Crippen molar-refractivity contribution in [2.24, 2.45) is 5.73 Å². The first-order chi connectivity index (χ1) is 9.06. The van der Waals surface area contributed by atoms with Crippen LogP contribution in [0.1, 0.15) is 0 Å². The standard InChI is InChI=1S/C12H14BrN3O3/c13-8-1-3-9(4-2-8)15-12(18)16-5-6-19-10(7-16)11(14)17/h1-4,10H,5-7H2,(H2,14,17)(H,15,18)/t10-/m1/s1. The molecule has 0 aromatic heterocycles. The number of nitrogens with two attached hydrogens (primary N) is 1. The van der Waals surface area contributed by atoms with Crippen molar-refractivity contribution in [3.63, 3.8) is 0 Å². The molecule has 2 rings (SSSR count). The quantitative estimate of drug-likeness (QED) is 0.855. The molecule has 1 heterocycles. The lowest BCUT2D eigenvalue weighted by molar-refractivity contribution is -0.133. The SMILES string of the molecule is NC(=O)[C@H]1CN(C(=O)Nc2ccc(Br)cc2)CCO1. The van der Waals surface area contributed by atoms with Crippen molar-refractivity contribution in [3.8, 4) is 0 Å². The van der Waals surface area contributed by atoms with Crippen LogP contribution in [0.3, 0.4) is 0 Å². The predicted octanol–water partition coefficient (Wildman–Crippen LogP) is 1.17. The Labute approximate surface area is 119 Å². The smallest absolute Gasteiger partial charge is 0.322 e. The molecule has 1 aromatic carbocycles. The summed E-state index contributed by atoms with van der Waals surface area (Å²) in [6, 6.07) is 6.97. The highest BCUT2D eigenvalue weighted by molar-refractivity contribution is 9.10. The van der Waals surface area contributed by atoms with Crippen molar-refractivity contribution in [1.82, 2.24) is 4.90 Å². The summed E-state index contributed by atoms with van der Waals surface area (Å²) >= 11 is 3.32. The van der Waals surface area contributed by atoms with E-state index >= 15 is 0 Å². The van der Waals surface area contributed by atoms with Gasteiger partial charge in [-0.1, -0.05) is 15.9 Å². The van der Waals surface area contributed by atoms with Crippen LogP contribution in [0.25, 0.3) is 0 Å². The van der Waals surface area contributed by atoms with Gasteiger partial charge in [-0.05, 0) is 24.3 Å². The molecule has 0 radical (unpaired) electrons. The zero-order valence-electron chi connectivity index (χ0n) is 10.1. The summed E-state index contributed by atoms with van der Waals surface area (Å²) in [4.78, 5) is 24.6. The zero-order chi connectivity index (χ0) is 13.8. The van der Waals surface area contributed by atoms with Crippen molar-refractivity contribution in [3.05, 3.63) is 28.7 Å². The normalized spacial score (nSPS) is 19.0. The van der Waals surface area contributed by atoms with E-state index in [0.717, 1.165) is 4.47 Å². The third-order valence-corrected chi connectivity index (χ3v) is 3.30. The summed E-state index contributed by atoms with van der Waals surface area (Å²) in [5.41, 5.74) is 5.86. The minimum Gasteiger partial charge on any atom is -0.367 e. The number of primary amides is 1. The van der Waals surface area contributed by atoms with Crippen LogP contribution >= 0.6 is 15.9 Å². The molecule has 6 nitrogen and oxygen atoms in total. The van der Waals surface area contributed by atoms with Gasteiger partial charge in [0.15, 0.2) is 6.10 Å². The Morgan fingerprint density at radius 2 is 2.05 bits per heavy atom. The van der Waals surface area contributed by atoms with E-state index in [-0.39, 0.29) is 12.6 Å². The number of benzene rings is 1. The van der Waals surface area contributed by atoms with E-state index in [1.54, 1.807) is 12.1 Å². The van der Waals surface area contributed by atoms with Gasteiger partial charge in [-0.15, -0.1) is 0 Å². The number of rotatable bonds is 2. The number of nitrogens with one attached hydrogen (secondary N) is 1. The van der Waals surface area contributed by atoms with Gasteiger partial charge in [-0.25, -0.2) is 4.79 Å². The molecule has 102 valence electrons. The monoisotopic (exact) mass is 327 g/mol. The number of halogens is 1. The van der Waals surface area contributed by atoms with Gasteiger partial charge < -0.3 is 20.7 Å². The van der Waals surface area contributed by atoms with Crippen molar-refractivity contribution in [2.45, 2.75) is 6.10 Å². The van der Waals surface area contributed by atoms with E-state index in [1.165, 1.54) is 4.90 Å². The number of carbonyl (C=O) groups is 2. The maximum absolute atomic E-state index is 12.0. The van der Waals surface area contributed by atoms with Gasteiger partial charge in [0.1, 0.15) is 0 Å². The summed E-state index contributed by atoms with van der Waals surface area (Å²) < 4.78 is 6.12. The van der Waals surface area contributed by atoms with Gasteiger partial charge in [0.25, 0.3) is 0 Å². The molecule has 0 bridgehead atoms. The van der Waals surface area contributed by atoms with Crippen molar-refractivity contribution < 1.29 is 14.3 Å². The lowest BCUT2D eigenvalue weighted by Gasteiger charge is -2.31. The Hall–Kier alpha value is -1.60. The summed E-state index contributed by atoms with van der Waals surface area (Å²) in [5, 5.41) is 2.76. The first-order valence-corrected chi connectivity index (χ1v) is 6.58. The molecule has 3 N–H and O–H groups in total. The van der Waals surface area contributed by atoms with Crippen LogP contribution in [0.15, 0.2) is 28.7 Å². The maximum atomic E-state index is 12.0. The second-order valence-corrected chi connectivity index (χ2v) is 5.06. The zero-order valence-corrected chi connectivity index (χ0v) is 11.7. The molecule has 19 heavy (non-hydrogen) atoms. The fraction of sp³-hybridized carbons (Fsp3) is 0.333. The Morgan fingerprint density at radius 3 is 2.68 bits per heavy atom. The minimum absolute atomic E-state index is 0.178. The van der Waals surface area contributed by atoms with Crippen LogP contribution in [0.2, 0.25) is 0 Å². The van der Waals surface area contributed by atoms with Crippen LogP contribution in [-0.4, -0.2) is 42.6 Å². The van der Waals surface area contributed by atoms with Crippen molar-refractivity contribution >= 4 is 33.6 Å². The summed E-state index contributed by atoms with van der Waals surface area (Å²) in [5.74, 6) is -0.554. The van der Waals surface area contributed by atoms with Crippen LogP contribution in [0, 0.1) is 0 Å². The average molecular weight is 328 g/mol. The second kappa shape index (κ2) is 6.03.